The first-order valence-electron chi connectivity index (χ1n) is 7.18. The Kier molecular flexibility index (Phi) is 4.07. The van der Waals surface area contributed by atoms with Crippen molar-refractivity contribution in [3.05, 3.63) is 64.4 Å². The Bertz CT molecular complexity index is 694. The number of hydrogen-bond donors (Lipinski definition) is 2. The smallest absolute Gasteiger partial charge is 0.236 e. The summed E-state index contributed by atoms with van der Waals surface area (Å²) in [6.45, 7) is 0. The van der Waals surface area contributed by atoms with Crippen LogP contribution in [-0.4, -0.2) is 16.7 Å². The summed E-state index contributed by atoms with van der Waals surface area (Å²) < 4.78 is 0.995. The summed E-state index contributed by atoms with van der Waals surface area (Å²) in [6.07, 6.45) is 5.90. The van der Waals surface area contributed by atoms with Gasteiger partial charge in [-0.15, -0.1) is 0 Å². The molecule has 1 saturated carbocycles. The van der Waals surface area contributed by atoms with Gasteiger partial charge in [-0.05, 0) is 42.7 Å². The van der Waals surface area contributed by atoms with Gasteiger partial charge < -0.3 is 5.32 Å². The summed E-state index contributed by atoms with van der Waals surface area (Å²) in [6, 6.07) is 11.4. The molecular weight excluding hydrogens is 342 g/mol. The van der Waals surface area contributed by atoms with Gasteiger partial charge in [-0.1, -0.05) is 34.5 Å². The van der Waals surface area contributed by atoms with Crippen molar-refractivity contribution in [3.8, 4) is 0 Å². The minimum atomic E-state index is -0.505. The fourth-order valence-corrected chi connectivity index (χ4v) is 3.03. The Labute approximate surface area is 137 Å². The number of nitrogens with zero attached hydrogens (tertiary/aromatic N) is 1. The van der Waals surface area contributed by atoms with E-state index in [4.69, 9.17) is 5.41 Å². The lowest BCUT2D eigenvalue weighted by Gasteiger charge is -2.40. The van der Waals surface area contributed by atoms with E-state index in [0.29, 0.717) is 5.56 Å². The van der Waals surface area contributed by atoms with Gasteiger partial charge in [-0.25, -0.2) is 0 Å². The fraction of sp³-hybridized carbons (Fsp3) is 0.235. The molecule has 1 aromatic heterocycles. The lowest BCUT2D eigenvalue weighted by atomic mass is 9.64. The zero-order chi connectivity index (χ0) is 15.6. The molecule has 0 spiro atoms. The van der Waals surface area contributed by atoms with Crippen LogP contribution in [0, 0.1) is 5.41 Å². The van der Waals surface area contributed by atoms with Gasteiger partial charge in [0.05, 0.1) is 5.41 Å². The minimum Gasteiger partial charge on any atom is -0.310 e. The van der Waals surface area contributed by atoms with Gasteiger partial charge in [-0.2, -0.15) is 0 Å². The van der Waals surface area contributed by atoms with Crippen LogP contribution in [0.1, 0.15) is 30.4 Å². The SMILES string of the molecule is N=C(NC(=O)C1(c2ccc(Br)cc2)CCC1)c1cccnc1. The maximum Gasteiger partial charge on any atom is 0.236 e. The number of amides is 1. The molecule has 0 aliphatic heterocycles. The first-order chi connectivity index (χ1) is 10.6. The Morgan fingerprint density at radius 2 is 1.95 bits per heavy atom. The van der Waals surface area contributed by atoms with Crippen molar-refractivity contribution in [1.82, 2.24) is 10.3 Å². The topological polar surface area (TPSA) is 65.8 Å². The van der Waals surface area contributed by atoms with Crippen LogP contribution in [0.5, 0.6) is 0 Å². The summed E-state index contributed by atoms with van der Waals surface area (Å²) in [5.41, 5.74) is 1.12. The number of amidine groups is 1. The van der Waals surface area contributed by atoms with Crippen molar-refractivity contribution in [2.75, 3.05) is 0 Å². The fourth-order valence-electron chi connectivity index (χ4n) is 2.76. The number of hydrogen-bond acceptors (Lipinski definition) is 3. The number of nitrogens with one attached hydrogen (secondary N) is 2. The molecule has 1 aromatic carbocycles. The summed E-state index contributed by atoms with van der Waals surface area (Å²) in [4.78, 5) is 16.7. The standard InChI is InChI=1S/C17H16BrN3O/c18-14-6-4-13(5-7-14)17(8-2-9-17)16(22)21-15(19)12-3-1-10-20-11-12/h1,3-7,10-11H,2,8-9H2,(H2,19,21,22). The van der Waals surface area contributed by atoms with E-state index in [9.17, 15) is 4.79 Å². The molecule has 1 heterocycles. The largest absolute Gasteiger partial charge is 0.310 e. The second-order valence-electron chi connectivity index (χ2n) is 5.51. The quantitative estimate of drug-likeness (QED) is 0.652. The van der Waals surface area contributed by atoms with E-state index >= 15 is 0 Å². The van der Waals surface area contributed by atoms with E-state index in [1.807, 2.05) is 24.3 Å². The van der Waals surface area contributed by atoms with Gasteiger partial charge in [0, 0.05) is 22.4 Å². The number of carbonyl (C=O) groups excluding carboxylic acids is 1. The van der Waals surface area contributed by atoms with Crippen molar-refractivity contribution in [2.24, 2.45) is 0 Å². The molecule has 4 nitrogen and oxygen atoms in total. The summed E-state index contributed by atoms with van der Waals surface area (Å²) in [7, 11) is 0. The van der Waals surface area contributed by atoms with Crippen molar-refractivity contribution in [3.63, 3.8) is 0 Å². The first kappa shape index (κ1) is 14.9. The van der Waals surface area contributed by atoms with Crippen LogP contribution in [0.15, 0.2) is 53.3 Å². The van der Waals surface area contributed by atoms with E-state index in [-0.39, 0.29) is 11.7 Å². The Morgan fingerprint density at radius 1 is 1.23 bits per heavy atom. The summed E-state index contributed by atoms with van der Waals surface area (Å²) >= 11 is 3.42. The zero-order valence-electron chi connectivity index (χ0n) is 12.0. The van der Waals surface area contributed by atoms with Crippen molar-refractivity contribution in [1.29, 1.82) is 5.41 Å². The number of aromatic nitrogens is 1. The molecule has 22 heavy (non-hydrogen) atoms. The number of benzene rings is 1. The van der Waals surface area contributed by atoms with Crippen LogP contribution in [0.3, 0.4) is 0 Å². The highest BCUT2D eigenvalue weighted by Gasteiger charge is 2.45. The van der Waals surface area contributed by atoms with Gasteiger partial charge in [0.15, 0.2) is 0 Å². The molecule has 0 unspecified atom stereocenters. The average Bonchev–Trinajstić information content (AvgIpc) is 2.49. The summed E-state index contributed by atoms with van der Waals surface area (Å²) in [5, 5.41) is 10.8. The van der Waals surface area contributed by atoms with E-state index < -0.39 is 5.41 Å². The second kappa shape index (κ2) is 6.01. The zero-order valence-corrected chi connectivity index (χ0v) is 13.6. The van der Waals surface area contributed by atoms with Crippen LogP contribution in [0.4, 0.5) is 0 Å². The molecule has 1 aliphatic rings. The molecule has 1 aliphatic carbocycles. The average molecular weight is 358 g/mol. The first-order valence-corrected chi connectivity index (χ1v) is 7.97. The van der Waals surface area contributed by atoms with Gasteiger partial charge in [-0.3, -0.25) is 15.2 Å². The molecule has 2 N–H and O–H groups in total. The predicted molar refractivity (Wildman–Crippen MR) is 88.9 cm³/mol. The maximum atomic E-state index is 12.7. The van der Waals surface area contributed by atoms with E-state index in [1.54, 1.807) is 24.5 Å². The third kappa shape index (κ3) is 2.68. The third-order valence-corrected chi connectivity index (χ3v) is 4.76. The lowest BCUT2D eigenvalue weighted by Crippen LogP contribution is -2.50. The maximum absolute atomic E-state index is 12.7. The highest BCUT2D eigenvalue weighted by molar-refractivity contribution is 9.10. The monoisotopic (exact) mass is 357 g/mol. The molecule has 1 fully saturated rings. The highest BCUT2D eigenvalue weighted by Crippen LogP contribution is 2.44. The number of rotatable bonds is 3. The molecular formula is C17H16BrN3O. The highest BCUT2D eigenvalue weighted by atomic mass is 79.9. The summed E-state index contributed by atoms with van der Waals surface area (Å²) in [5.74, 6) is -0.00332. The molecule has 0 saturated heterocycles. The molecule has 2 aromatic rings. The third-order valence-electron chi connectivity index (χ3n) is 4.23. The van der Waals surface area contributed by atoms with Crippen molar-refractivity contribution >= 4 is 27.7 Å². The Hall–Kier alpha value is -2.01. The van der Waals surface area contributed by atoms with E-state index in [0.717, 1.165) is 29.3 Å². The predicted octanol–water partition coefficient (Wildman–Crippen LogP) is 3.41. The van der Waals surface area contributed by atoms with Gasteiger partial charge in [0.2, 0.25) is 5.91 Å². The molecule has 112 valence electrons. The van der Waals surface area contributed by atoms with Crippen LogP contribution in [0.2, 0.25) is 0 Å². The van der Waals surface area contributed by atoms with Gasteiger partial charge >= 0.3 is 0 Å². The number of carbonyl (C=O) groups is 1. The molecule has 0 bridgehead atoms. The number of halogens is 1. The number of pyridine rings is 1. The van der Waals surface area contributed by atoms with Crippen molar-refractivity contribution in [2.45, 2.75) is 24.7 Å². The van der Waals surface area contributed by atoms with Crippen LogP contribution >= 0.6 is 15.9 Å². The Morgan fingerprint density at radius 3 is 2.50 bits per heavy atom. The molecule has 0 radical (unpaired) electrons. The minimum absolute atomic E-state index is 0.0986. The lowest BCUT2D eigenvalue weighted by molar-refractivity contribution is -0.128. The van der Waals surface area contributed by atoms with Crippen LogP contribution in [0.25, 0.3) is 0 Å². The van der Waals surface area contributed by atoms with Gasteiger partial charge in [0.1, 0.15) is 5.84 Å². The molecule has 3 rings (SSSR count). The van der Waals surface area contributed by atoms with Gasteiger partial charge in [0.25, 0.3) is 0 Å². The Balaban J connectivity index is 1.80. The molecule has 0 atom stereocenters. The van der Waals surface area contributed by atoms with E-state index in [2.05, 4.69) is 26.2 Å². The van der Waals surface area contributed by atoms with Crippen LogP contribution in [-0.2, 0) is 10.2 Å². The second-order valence-corrected chi connectivity index (χ2v) is 6.43. The van der Waals surface area contributed by atoms with Crippen molar-refractivity contribution < 1.29 is 4.79 Å². The molecule has 5 heteroatoms. The molecule has 1 amide bonds. The van der Waals surface area contributed by atoms with Crippen LogP contribution < -0.4 is 5.32 Å². The normalized spacial score (nSPS) is 15.7. The van der Waals surface area contributed by atoms with E-state index in [1.165, 1.54) is 0 Å².